The minimum atomic E-state index is -0.221. The molecule has 13 rings (SSSR count). The second kappa shape index (κ2) is 20.8. The van der Waals surface area contributed by atoms with Crippen molar-refractivity contribution in [1.29, 1.82) is 0 Å². The molecule has 5 heteroatoms. The van der Waals surface area contributed by atoms with Crippen LogP contribution in [0.4, 0.5) is 22.7 Å². The van der Waals surface area contributed by atoms with E-state index in [1.807, 2.05) is 36.5 Å². The minimum Gasteiger partial charge on any atom is -0.457 e. The average molecular weight is 1080 g/mol. The first-order chi connectivity index (χ1) is 41.3. The second-order valence-electron chi connectivity index (χ2n) is 25.1. The molecule has 0 unspecified atom stereocenters. The Morgan fingerprint density at radius 3 is 1.64 bits per heavy atom. The third kappa shape index (κ3) is 10.2. The van der Waals surface area contributed by atoms with Crippen molar-refractivity contribution in [3.05, 3.63) is 265 Å². The number of para-hydroxylation sites is 3. The lowest BCUT2D eigenvalue weighted by atomic mass is 9.82. The maximum atomic E-state index is 9.63. The van der Waals surface area contributed by atoms with E-state index < -0.39 is 0 Å². The van der Waals surface area contributed by atoms with Gasteiger partial charge in [-0.2, -0.15) is 0 Å². The van der Waals surface area contributed by atoms with Crippen molar-refractivity contribution in [2.45, 2.75) is 78.6 Å². The van der Waals surface area contributed by atoms with Crippen molar-refractivity contribution in [2.24, 2.45) is 0 Å². The number of pyridine rings is 1. The zero-order valence-electron chi connectivity index (χ0n) is 51.8. The summed E-state index contributed by atoms with van der Waals surface area (Å²) >= 11 is 0. The minimum absolute atomic E-state index is 0.0153. The Bertz CT molecular complexity index is 4550. The normalized spacial score (nSPS) is 13.3. The van der Waals surface area contributed by atoms with Crippen LogP contribution >= 0.6 is 0 Å². The van der Waals surface area contributed by atoms with Crippen molar-refractivity contribution in [1.82, 2.24) is 9.55 Å². The average Bonchev–Trinajstić information content (AvgIpc) is 2.44. The van der Waals surface area contributed by atoms with E-state index >= 15 is 0 Å². The molecule has 12 aromatic rings. The summed E-state index contributed by atoms with van der Waals surface area (Å²) in [5.41, 5.74) is 19.7. The van der Waals surface area contributed by atoms with Crippen LogP contribution in [0.3, 0.4) is 0 Å². The summed E-state index contributed by atoms with van der Waals surface area (Å²) in [6, 6.07) is 78.7. The maximum Gasteiger partial charge on any atom is 0.137 e. The molecule has 0 saturated carbocycles. The van der Waals surface area contributed by atoms with Crippen LogP contribution in [0.1, 0.15) is 83.1 Å². The second-order valence-corrected chi connectivity index (χ2v) is 25.1. The van der Waals surface area contributed by atoms with Gasteiger partial charge in [0.2, 0.25) is 0 Å². The molecule has 0 spiro atoms. The molecule has 0 fully saturated rings. The molecule has 0 atom stereocenters. The molecule has 10 aromatic carbocycles. The van der Waals surface area contributed by atoms with Gasteiger partial charge in [0, 0.05) is 51.5 Å². The fourth-order valence-corrected chi connectivity index (χ4v) is 11.9. The Kier molecular flexibility index (Phi) is 12.4. The van der Waals surface area contributed by atoms with E-state index in [1.165, 1.54) is 16.7 Å². The highest BCUT2D eigenvalue weighted by Gasteiger charge is 2.32. The van der Waals surface area contributed by atoms with Gasteiger partial charge in [-0.3, -0.25) is 4.57 Å². The molecule has 0 bridgehead atoms. The lowest BCUT2D eigenvalue weighted by Gasteiger charge is -2.28. The van der Waals surface area contributed by atoms with E-state index in [2.05, 4.69) is 265 Å². The smallest absolute Gasteiger partial charge is 0.137 e. The molecule has 2 aromatic heterocycles. The predicted octanol–water partition coefficient (Wildman–Crippen LogP) is 21.4. The molecule has 3 heterocycles. The number of anilines is 4. The molecular weight excluding hydrogens is 1010 g/mol. The molecule has 0 N–H and O–H groups in total. The maximum absolute atomic E-state index is 9.63. The summed E-state index contributed by atoms with van der Waals surface area (Å²) in [4.78, 5) is 9.69. The number of benzene rings is 10. The third-order valence-electron chi connectivity index (χ3n) is 16.4. The Balaban J connectivity index is 0.929. The lowest BCUT2D eigenvalue weighted by molar-refractivity contribution is 0.483. The van der Waals surface area contributed by atoms with Gasteiger partial charge in [-0.05, 0) is 132 Å². The van der Waals surface area contributed by atoms with Gasteiger partial charge in [0.15, 0.2) is 0 Å². The van der Waals surface area contributed by atoms with Crippen molar-refractivity contribution in [2.75, 3.05) is 16.5 Å². The number of rotatable bonds is 10. The molecule has 0 radical (unpaired) electrons. The molecule has 0 saturated heterocycles. The SMILES string of the molecule is [2H]c1c(Oc2ccc3c4cc(-c5ccc(C(C)(C)C)cc5)ccc4n(-c4cc(C(C)(C)C)c(-c5ccccc5)cn4)c3c2)cc(N2CN(c3c(-c4ccc(C(C)(C)C)cc4)cccc3-c3cccc(-c4ccccc4)c3)c3ccccc32)c([2H])c1[2H]. The Hall–Kier alpha value is -9.45. The number of hydrogen-bond donors (Lipinski definition) is 0. The van der Waals surface area contributed by atoms with Crippen LogP contribution in [-0.4, -0.2) is 16.2 Å². The van der Waals surface area contributed by atoms with Crippen LogP contribution in [0, 0.1) is 0 Å². The molecule has 1 aliphatic heterocycles. The van der Waals surface area contributed by atoms with Crippen LogP contribution in [0.5, 0.6) is 11.5 Å². The van der Waals surface area contributed by atoms with Crippen LogP contribution in [0.25, 0.3) is 83.3 Å². The Labute approximate surface area is 494 Å². The fourth-order valence-electron chi connectivity index (χ4n) is 11.9. The monoisotopic (exact) mass is 1080 g/mol. The number of nitrogens with zero attached hydrogens (tertiary/aromatic N) is 4. The first kappa shape index (κ1) is 49.4. The summed E-state index contributed by atoms with van der Waals surface area (Å²) < 4.78 is 37.6. The van der Waals surface area contributed by atoms with Gasteiger partial charge in [0.05, 0.1) is 32.2 Å². The van der Waals surface area contributed by atoms with Gasteiger partial charge < -0.3 is 14.5 Å². The standard InChI is InChI=1S/C78H70N4O/c1-76(2,3)59-38-33-53(34-39-59)57-37-44-70-67(46-57)66-43-42-63(48-73(66)82(70)74-49-69(78(7,8)9)68(50-79-74)54-23-14-11-15-24-54)83-62-28-19-27-61(47-62)80-51-81(72-32-17-16-31-71(72)80)75-64(55-35-40-60(41-36-55)77(4,5)6)29-20-30-65(75)58-26-18-25-56(45-58)52-21-12-10-13-22-52/h10-50H,51H2,1-9H3/i19D,27D,28D. The van der Waals surface area contributed by atoms with Crippen molar-refractivity contribution >= 4 is 44.6 Å². The van der Waals surface area contributed by atoms with E-state index in [0.717, 1.165) is 100 Å². The molecule has 0 amide bonds. The quantitative estimate of drug-likeness (QED) is 0.137. The first-order valence-corrected chi connectivity index (χ1v) is 28.9. The van der Waals surface area contributed by atoms with Crippen LogP contribution in [-0.2, 0) is 16.2 Å². The Morgan fingerprint density at radius 2 is 0.964 bits per heavy atom. The summed E-state index contributed by atoms with van der Waals surface area (Å²) in [5.74, 6) is 1.45. The van der Waals surface area contributed by atoms with Crippen molar-refractivity contribution in [3.8, 4) is 73.0 Å². The number of ether oxygens (including phenoxy) is 1. The van der Waals surface area contributed by atoms with Crippen LogP contribution in [0.15, 0.2) is 249 Å². The van der Waals surface area contributed by atoms with E-state index in [0.29, 0.717) is 18.1 Å². The third-order valence-corrected chi connectivity index (χ3v) is 16.4. The van der Waals surface area contributed by atoms with Gasteiger partial charge in [0.25, 0.3) is 0 Å². The zero-order chi connectivity index (χ0) is 59.8. The van der Waals surface area contributed by atoms with Gasteiger partial charge >= 0.3 is 0 Å². The highest BCUT2D eigenvalue weighted by atomic mass is 16.5. The van der Waals surface area contributed by atoms with Crippen molar-refractivity contribution in [3.63, 3.8) is 0 Å². The van der Waals surface area contributed by atoms with Gasteiger partial charge in [-0.1, -0.05) is 232 Å². The van der Waals surface area contributed by atoms with E-state index in [4.69, 9.17) is 9.72 Å². The highest BCUT2D eigenvalue weighted by Crippen LogP contribution is 2.51. The Morgan fingerprint density at radius 1 is 0.410 bits per heavy atom. The molecule has 1 aliphatic rings. The summed E-state index contributed by atoms with van der Waals surface area (Å²) in [6.07, 6.45) is 2.01. The molecule has 5 nitrogen and oxygen atoms in total. The van der Waals surface area contributed by atoms with Gasteiger partial charge in [-0.15, -0.1) is 0 Å². The summed E-state index contributed by atoms with van der Waals surface area (Å²) in [5, 5.41) is 2.09. The topological polar surface area (TPSA) is 33.5 Å². The molecule has 408 valence electrons. The predicted molar refractivity (Wildman–Crippen MR) is 350 cm³/mol. The van der Waals surface area contributed by atoms with Gasteiger partial charge in [-0.25, -0.2) is 4.98 Å². The van der Waals surface area contributed by atoms with Gasteiger partial charge in [0.1, 0.15) is 24.0 Å². The number of aromatic nitrogens is 2. The van der Waals surface area contributed by atoms with Crippen LogP contribution in [0.2, 0.25) is 0 Å². The van der Waals surface area contributed by atoms with Crippen molar-refractivity contribution < 1.29 is 8.85 Å². The molecule has 0 aliphatic carbocycles. The van der Waals surface area contributed by atoms with E-state index in [9.17, 15) is 4.11 Å². The van der Waals surface area contributed by atoms with E-state index in [1.54, 1.807) is 6.07 Å². The highest BCUT2D eigenvalue weighted by molar-refractivity contribution is 6.11. The number of hydrogen-bond acceptors (Lipinski definition) is 4. The van der Waals surface area contributed by atoms with E-state index in [-0.39, 0.29) is 40.1 Å². The number of fused-ring (bicyclic) bond motifs is 4. The fraction of sp³-hybridized carbons (Fsp3) is 0.167. The zero-order valence-corrected chi connectivity index (χ0v) is 48.8. The lowest BCUT2D eigenvalue weighted by Crippen LogP contribution is -2.25. The summed E-state index contributed by atoms with van der Waals surface area (Å²) in [7, 11) is 0. The molecule has 83 heavy (non-hydrogen) atoms. The first-order valence-electron chi connectivity index (χ1n) is 30.4. The van der Waals surface area contributed by atoms with Crippen LogP contribution < -0.4 is 14.5 Å². The summed E-state index contributed by atoms with van der Waals surface area (Å²) in [6.45, 7) is 20.5. The largest absolute Gasteiger partial charge is 0.457 e. The molecular formula is C78H70N4O.